The number of aromatic nitrogens is 2. The maximum absolute atomic E-state index is 12.4. The standard InChI is InChI=1S/C18H23N3O3/c1-13-12-23-14(2)11-21(13)18(22)9-8-17-19-16(20-24-17)10-15-6-4-3-5-7-15/h3-7,13-14H,8-12H2,1-2H3/t13-,14-/m1/s1. The number of carbonyl (C=O) groups is 1. The van der Waals surface area contributed by atoms with Gasteiger partial charge in [0.2, 0.25) is 11.8 Å². The van der Waals surface area contributed by atoms with E-state index >= 15 is 0 Å². The number of rotatable bonds is 5. The Bertz CT molecular complexity index is 671. The SMILES string of the molecule is C[C@@H]1CN(C(=O)CCc2nc(Cc3ccccc3)no2)[C@H](C)CO1. The maximum atomic E-state index is 12.4. The minimum absolute atomic E-state index is 0.0889. The fourth-order valence-corrected chi connectivity index (χ4v) is 2.85. The Morgan fingerprint density at radius 1 is 1.29 bits per heavy atom. The number of aryl methyl sites for hydroxylation is 1. The fourth-order valence-electron chi connectivity index (χ4n) is 2.85. The number of morpholine rings is 1. The van der Waals surface area contributed by atoms with Gasteiger partial charge in [0.05, 0.1) is 18.8 Å². The van der Waals surface area contributed by atoms with Gasteiger partial charge in [-0.2, -0.15) is 4.98 Å². The summed E-state index contributed by atoms with van der Waals surface area (Å²) in [6, 6.07) is 10.1. The first-order chi connectivity index (χ1) is 11.6. The van der Waals surface area contributed by atoms with Gasteiger partial charge in [-0.05, 0) is 19.4 Å². The highest BCUT2D eigenvalue weighted by molar-refractivity contribution is 5.76. The van der Waals surface area contributed by atoms with Crippen LogP contribution in [0.2, 0.25) is 0 Å². The van der Waals surface area contributed by atoms with Crippen LogP contribution in [0.4, 0.5) is 0 Å². The topological polar surface area (TPSA) is 68.5 Å². The molecule has 0 bridgehead atoms. The van der Waals surface area contributed by atoms with Gasteiger partial charge in [-0.1, -0.05) is 35.5 Å². The van der Waals surface area contributed by atoms with E-state index in [1.807, 2.05) is 49.1 Å². The molecule has 0 spiro atoms. The summed E-state index contributed by atoms with van der Waals surface area (Å²) in [5.74, 6) is 1.28. The predicted octanol–water partition coefficient (Wildman–Crippen LogP) is 2.23. The molecule has 3 rings (SSSR count). The zero-order valence-corrected chi connectivity index (χ0v) is 14.1. The first kappa shape index (κ1) is 16.6. The molecule has 24 heavy (non-hydrogen) atoms. The van der Waals surface area contributed by atoms with E-state index < -0.39 is 0 Å². The average Bonchev–Trinajstić information content (AvgIpc) is 3.03. The predicted molar refractivity (Wildman–Crippen MR) is 88.5 cm³/mol. The molecule has 6 nitrogen and oxygen atoms in total. The number of carbonyl (C=O) groups excluding carboxylic acids is 1. The summed E-state index contributed by atoms with van der Waals surface area (Å²) in [6.07, 6.45) is 1.57. The molecule has 128 valence electrons. The van der Waals surface area contributed by atoms with Gasteiger partial charge in [-0.15, -0.1) is 0 Å². The molecule has 1 amide bonds. The van der Waals surface area contributed by atoms with E-state index in [1.165, 1.54) is 0 Å². The van der Waals surface area contributed by atoms with Crippen LogP contribution in [0.15, 0.2) is 34.9 Å². The number of amides is 1. The van der Waals surface area contributed by atoms with E-state index in [-0.39, 0.29) is 18.1 Å². The molecule has 2 aromatic rings. The molecule has 1 aliphatic rings. The van der Waals surface area contributed by atoms with E-state index in [4.69, 9.17) is 9.26 Å². The Kier molecular flexibility index (Phi) is 5.25. The van der Waals surface area contributed by atoms with Gasteiger partial charge in [-0.3, -0.25) is 4.79 Å². The van der Waals surface area contributed by atoms with E-state index in [0.29, 0.717) is 44.1 Å². The summed E-state index contributed by atoms with van der Waals surface area (Å²) in [4.78, 5) is 18.7. The second kappa shape index (κ2) is 7.57. The van der Waals surface area contributed by atoms with Crippen LogP contribution in [0.1, 0.15) is 37.5 Å². The summed E-state index contributed by atoms with van der Waals surface area (Å²) in [6.45, 7) is 5.23. The van der Waals surface area contributed by atoms with Crippen LogP contribution < -0.4 is 0 Å². The van der Waals surface area contributed by atoms with Crippen LogP contribution in [-0.2, 0) is 22.4 Å². The molecule has 1 aliphatic heterocycles. The van der Waals surface area contributed by atoms with Crippen LogP contribution >= 0.6 is 0 Å². The highest BCUT2D eigenvalue weighted by Gasteiger charge is 2.27. The fraction of sp³-hybridized carbons (Fsp3) is 0.500. The van der Waals surface area contributed by atoms with Gasteiger partial charge in [0.15, 0.2) is 5.82 Å². The zero-order chi connectivity index (χ0) is 16.9. The van der Waals surface area contributed by atoms with Crippen LogP contribution in [0.25, 0.3) is 0 Å². The molecule has 2 atom stereocenters. The second-order valence-corrected chi connectivity index (χ2v) is 6.31. The van der Waals surface area contributed by atoms with Gasteiger partial charge in [0.1, 0.15) is 0 Å². The highest BCUT2D eigenvalue weighted by Crippen LogP contribution is 2.14. The molecule has 0 aliphatic carbocycles. The molecule has 0 radical (unpaired) electrons. The molecule has 0 unspecified atom stereocenters. The summed E-state index contributed by atoms with van der Waals surface area (Å²) in [7, 11) is 0. The van der Waals surface area contributed by atoms with Crippen molar-refractivity contribution in [1.29, 1.82) is 0 Å². The number of hydrogen-bond donors (Lipinski definition) is 0. The largest absolute Gasteiger partial charge is 0.375 e. The van der Waals surface area contributed by atoms with Crippen molar-refractivity contribution >= 4 is 5.91 Å². The first-order valence-corrected chi connectivity index (χ1v) is 8.38. The van der Waals surface area contributed by atoms with Crippen LogP contribution in [0.3, 0.4) is 0 Å². The second-order valence-electron chi connectivity index (χ2n) is 6.31. The van der Waals surface area contributed by atoms with Crippen molar-refractivity contribution in [3.63, 3.8) is 0 Å². The molecule has 0 N–H and O–H groups in total. The van der Waals surface area contributed by atoms with Crippen LogP contribution in [-0.4, -0.2) is 46.2 Å². The Morgan fingerprint density at radius 2 is 2.08 bits per heavy atom. The summed E-state index contributed by atoms with van der Waals surface area (Å²) >= 11 is 0. The normalized spacial score (nSPS) is 21.0. The van der Waals surface area contributed by atoms with Crippen LogP contribution in [0.5, 0.6) is 0 Å². The van der Waals surface area contributed by atoms with Crippen molar-refractivity contribution in [2.75, 3.05) is 13.2 Å². The minimum atomic E-state index is 0.0889. The average molecular weight is 329 g/mol. The van der Waals surface area contributed by atoms with E-state index in [2.05, 4.69) is 10.1 Å². The minimum Gasteiger partial charge on any atom is -0.375 e. The van der Waals surface area contributed by atoms with Crippen molar-refractivity contribution in [3.8, 4) is 0 Å². The molecule has 1 aromatic heterocycles. The van der Waals surface area contributed by atoms with E-state index in [0.717, 1.165) is 5.56 Å². The lowest BCUT2D eigenvalue weighted by molar-refractivity contribution is -0.143. The van der Waals surface area contributed by atoms with Gasteiger partial charge in [-0.25, -0.2) is 0 Å². The molecular weight excluding hydrogens is 306 g/mol. The first-order valence-electron chi connectivity index (χ1n) is 8.38. The van der Waals surface area contributed by atoms with Gasteiger partial charge in [0, 0.05) is 25.8 Å². The van der Waals surface area contributed by atoms with Crippen molar-refractivity contribution in [2.24, 2.45) is 0 Å². The molecule has 6 heteroatoms. The molecule has 2 heterocycles. The molecule has 0 saturated carbocycles. The lowest BCUT2D eigenvalue weighted by atomic mass is 10.1. The number of hydrogen-bond acceptors (Lipinski definition) is 5. The summed E-state index contributed by atoms with van der Waals surface area (Å²) in [5.41, 5.74) is 1.14. The van der Waals surface area contributed by atoms with Crippen molar-refractivity contribution < 1.29 is 14.1 Å². The Labute approximate surface area is 141 Å². The number of ether oxygens (including phenoxy) is 1. The lowest BCUT2D eigenvalue weighted by Gasteiger charge is -2.36. The van der Waals surface area contributed by atoms with Crippen LogP contribution in [0, 0.1) is 0 Å². The zero-order valence-electron chi connectivity index (χ0n) is 14.1. The lowest BCUT2D eigenvalue weighted by Crippen LogP contribution is -2.50. The monoisotopic (exact) mass is 329 g/mol. The third-order valence-corrected chi connectivity index (χ3v) is 4.20. The highest BCUT2D eigenvalue weighted by atomic mass is 16.5. The molecule has 1 saturated heterocycles. The summed E-state index contributed by atoms with van der Waals surface area (Å²) in [5, 5.41) is 4.00. The van der Waals surface area contributed by atoms with Gasteiger partial charge >= 0.3 is 0 Å². The number of benzene rings is 1. The van der Waals surface area contributed by atoms with E-state index in [1.54, 1.807) is 0 Å². The van der Waals surface area contributed by atoms with Crippen molar-refractivity contribution in [1.82, 2.24) is 15.0 Å². The Balaban J connectivity index is 1.52. The maximum Gasteiger partial charge on any atom is 0.227 e. The molecule has 1 aromatic carbocycles. The van der Waals surface area contributed by atoms with Crippen molar-refractivity contribution in [3.05, 3.63) is 47.6 Å². The third-order valence-electron chi connectivity index (χ3n) is 4.20. The number of nitrogens with zero attached hydrogens (tertiary/aromatic N) is 3. The van der Waals surface area contributed by atoms with E-state index in [9.17, 15) is 4.79 Å². The van der Waals surface area contributed by atoms with Crippen molar-refractivity contribution in [2.45, 2.75) is 45.3 Å². The molecule has 1 fully saturated rings. The Morgan fingerprint density at radius 3 is 2.88 bits per heavy atom. The molecular formula is C18H23N3O3. The summed E-state index contributed by atoms with van der Waals surface area (Å²) < 4.78 is 10.8. The third kappa shape index (κ3) is 4.20. The quantitative estimate of drug-likeness (QED) is 0.841. The van der Waals surface area contributed by atoms with Gasteiger partial charge in [0.25, 0.3) is 0 Å². The smallest absolute Gasteiger partial charge is 0.227 e. The van der Waals surface area contributed by atoms with Gasteiger partial charge < -0.3 is 14.2 Å². The Hall–Kier alpha value is -2.21.